The number of aromatic nitrogens is 2. The van der Waals surface area contributed by atoms with Crippen LogP contribution < -0.4 is 14.2 Å². The molecule has 1 N–H and O–H groups in total. The number of imidazole rings is 1. The third kappa shape index (κ3) is 2.35. The van der Waals surface area contributed by atoms with E-state index in [0.29, 0.717) is 31.3 Å². The molecule has 2 aromatic carbocycles. The van der Waals surface area contributed by atoms with Crippen LogP contribution in [0.3, 0.4) is 0 Å². The van der Waals surface area contributed by atoms with Gasteiger partial charge in [0, 0.05) is 18.7 Å². The third-order valence-electron chi connectivity index (χ3n) is 4.08. The Morgan fingerprint density at radius 3 is 2.67 bits per heavy atom. The van der Waals surface area contributed by atoms with Crippen LogP contribution in [-0.2, 0) is 6.54 Å². The number of fused-ring (bicyclic) bond motifs is 2. The average molecular weight is 326 g/mol. The van der Waals surface area contributed by atoms with Crippen molar-refractivity contribution in [2.24, 2.45) is 0 Å². The van der Waals surface area contributed by atoms with Gasteiger partial charge in [0.2, 0.25) is 0 Å². The van der Waals surface area contributed by atoms with Crippen LogP contribution in [0.1, 0.15) is 0 Å². The molecule has 0 saturated carbocycles. The molecule has 24 heavy (non-hydrogen) atoms. The van der Waals surface area contributed by atoms with Crippen molar-refractivity contribution in [2.45, 2.75) is 6.54 Å². The number of benzene rings is 2. The van der Waals surface area contributed by atoms with Gasteiger partial charge in [-0.15, -0.1) is 0 Å². The van der Waals surface area contributed by atoms with Gasteiger partial charge in [-0.1, -0.05) is 12.1 Å². The number of aliphatic hydroxyl groups is 1. The zero-order valence-corrected chi connectivity index (χ0v) is 13.4. The molecule has 124 valence electrons. The molecule has 1 aliphatic heterocycles. The predicted octanol–water partition coefficient (Wildman–Crippen LogP) is 2.48. The van der Waals surface area contributed by atoms with Crippen molar-refractivity contribution in [1.82, 2.24) is 9.55 Å². The van der Waals surface area contributed by atoms with Gasteiger partial charge in [-0.2, -0.15) is 0 Å². The summed E-state index contributed by atoms with van der Waals surface area (Å²) in [5, 5.41) is 9.50. The normalized spacial score (nSPS) is 13.2. The summed E-state index contributed by atoms with van der Waals surface area (Å²) in [7, 11) is 1.64. The van der Waals surface area contributed by atoms with Crippen LogP contribution in [0.5, 0.6) is 17.2 Å². The summed E-state index contributed by atoms with van der Waals surface area (Å²) < 4.78 is 18.8. The van der Waals surface area contributed by atoms with E-state index in [1.807, 2.05) is 41.0 Å². The standard InChI is InChI=1S/C18H18N2O4/c1-22-15-5-3-2-4-12(15)18-19-13-10-16-17(24-9-8-23-16)11-14(13)20(18)6-7-21/h2-5,10-11,21H,6-9H2,1H3. The number of rotatable bonds is 4. The second-order valence-electron chi connectivity index (χ2n) is 5.50. The predicted molar refractivity (Wildman–Crippen MR) is 89.8 cm³/mol. The average Bonchev–Trinajstić information content (AvgIpc) is 2.97. The van der Waals surface area contributed by atoms with Crippen LogP contribution in [0.4, 0.5) is 0 Å². The third-order valence-corrected chi connectivity index (χ3v) is 4.08. The number of hydrogen-bond acceptors (Lipinski definition) is 5. The van der Waals surface area contributed by atoms with Crippen LogP contribution in [0.25, 0.3) is 22.4 Å². The highest BCUT2D eigenvalue weighted by molar-refractivity contribution is 5.85. The summed E-state index contributed by atoms with van der Waals surface area (Å²) in [5.41, 5.74) is 2.58. The molecule has 0 fully saturated rings. The molecule has 0 aliphatic carbocycles. The minimum atomic E-state index is 0.0159. The monoisotopic (exact) mass is 326 g/mol. The van der Waals surface area contributed by atoms with Gasteiger partial charge in [0.25, 0.3) is 0 Å². The highest BCUT2D eigenvalue weighted by Gasteiger charge is 2.20. The van der Waals surface area contributed by atoms with E-state index in [1.54, 1.807) is 7.11 Å². The maximum atomic E-state index is 9.50. The molecule has 4 rings (SSSR count). The van der Waals surface area contributed by atoms with E-state index in [9.17, 15) is 5.11 Å². The Bertz CT molecular complexity index is 888. The first-order valence-electron chi connectivity index (χ1n) is 7.86. The van der Waals surface area contributed by atoms with Gasteiger partial charge in [0.05, 0.1) is 30.3 Å². The maximum Gasteiger partial charge on any atom is 0.163 e. The van der Waals surface area contributed by atoms with Gasteiger partial charge in [-0.25, -0.2) is 4.98 Å². The fraction of sp³-hybridized carbons (Fsp3) is 0.278. The Morgan fingerprint density at radius 2 is 1.92 bits per heavy atom. The number of nitrogens with zero attached hydrogens (tertiary/aromatic N) is 2. The van der Waals surface area contributed by atoms with Crippen molar-refractivity contribution in [2.75, 3.05) is 26.9 Å². The SMILES string of the molecule is COc1ccccc1-c1nc2cc3c(cc2n1CCO)OCCO3. The first-order valence-corrected chi connectivity index (χ1v) is 7.86. The molecule has 0 amide bonds. The van der Waals surface area contributed by atoms with Crippen molar-refractivity contribution < 1.29 is 19.3 Å². The first kappa shape index (κ1) is 14.8. The number of ether oxygens (including phenoxy) is 3. The summed E-state index contributed by atoms with van der Waals surface area (Å²) in [4.78, 5) is 4.75. The highest BCUT2D eigenvalue weighted by atomic mass is 16.6. The molecule has 6 heteroatoms. The Morgan fingerprint density at radius 1 is 1.17 bits per heavy atom. The van der Waals surface area contributed by atoms with Gasteiger partial charge >= 0.3 is 0 Å². The first-order chi connectivity index (χ1) is 11.8. The molecule has 0 saturated heterocycles. The lowest BCUT2D eigenvalue weighted by atomic mass is 10.2. The molecule has 1 aromatic heterocycles. The Labute approximate surface area is 139 Å². The lowest BCUT2D eigenvalue weighted by molar-refractivity contribution is 0.172. The number of aliphatic hydroxyl groups excluding tert-OH is 1. The molecule has 0 radical (unpaired) electrons. The summed E-state index contributed by atoms with van der Waals surface area (Å²) in [6.45, 7) is 1.52. The zero-order valence-electron chi connectivity index (χ0n) is 13.4. The van der Waals surface area contributed by atoms with Crippen LogP contribution in [-0.4, -0.2) is 41.6 Å². The molecule has 0 bridgehead atoms. The fourth-order valence-electron chi connectivity index (χ4n) is 3.02. The van der Waals surface area contributed by atoms with E-state index in [0.717, 1.165) is 28.2 Å². The highest BCUT2D eigenvalue weighted by Crippen LogP contribution is 2.37. The van der Waals surface area contributed by atoms with Crippen molar-refractivity contribution in [3.63, 3.8) is 0 Å². The molecule has 3 aromatic rings. The van der Waals surface area contributed by atoms with Crippen molar-refractivity contribution in [1.29, 1.82) is 0 Å². The summed E-state index contributed by atoms with van der Waals surface area (Å²) in [6, 6.07) is 11.5. The van der Waals surface area contributed by atoms with Gasteiger partial charge in [0.1, 0.15) is 24.8 Å². The smallest absolute Gasteiger partial charge is 0.163 e. The summed E-state index contributed by atoms with van der Waals surface area (Å²) in [5.74, 6) is 2.90. The number of para-hydroxylation sites is 1. The van der Waals surface area contributed by atoms with Gasteiger partial charge in [0.15, 0.2) is 11.5 Å². The lowest BCUT2D eigenvalue weighted by Crippen LogP contribution is -2.15. The van der Waals surface area contributed by atoms with E-state index >= 15 is 0 Å². The van der Waals surface area contributed by atoms with Gasteiger partial charge < -0.3 is 23.9 Å². The van der Waals surface area contributed by atoms with Crippen LogP contribution in [0, 0.1) is 0 Å². The fourth-order valence-corrected chi connectivity index (χ4v) is 3.02. The minimum absolute atomic E-state index is 0.0159. The summed E-state index contributed by atoms with van der Waals surface area (Å²) in [6.07, 6.45) is 0. The van der Waals surface area contributed by atoms with E-state index in [-0.39, 0.29) is 6.61 Å². The Kier molecular flexibility index (Phi) is 3.74. The van der Waals surface area contributed by atoms with Gasteiger partial charge in [-0.3, -0.25) is 0 Å². The minimum Gasteiger partial charge on any atom is -0.496 e. The largest absolute Gasteiger partial charge is 0.496 e. The molecule has 0 unspecified atom stereocenters. The van der Waals surface area contributed by atoms with Crippen LogP contribution in [0.2, 0.25) is 0 Å². The quantitative estimate of drug-likeness (QED) is 0.798. The maximum absolute atomic E-state index is 9.50. The zero-order chi connectivity index (χ0) is 16.5. The van der Waals surface area contributed by atoms with Crippen LogP contribution >= 0.6 is 0 Å². The van der Waals surface area contributed by atoms with E-state index in [4.69, 9.17) is 19.2 Å². The molecule has 6 nitrogen and oxygen atoms in total. The number of hydrogen-bond donors (Lipinski definition) is 1. The molecule has 0 atom stereocenters. The van der Waals surface area contributed by atoms with Gasteiger partial charge in [-0.05, 0) is 12.1 Å². The molecule has 0 spiro atoms. The van der Waals surface area contributed by atoms with Crippen molar-refractivity contribution in [3.8, 4) is 28.6 Å². The molecule has 2 heterocycles. The Balaban J connectivity index is 1.96. The Hall–Kier alpha value is -2.73. The second-order valence-corrected chi connectivity index (χ2v) is 5.50. The molecular formula is C18H18N2O4. The molecule has 1 aliphatic rings. The van der Waals surface area contributed by atoms with Crippen molar-refractivity contribution >= 4 is 11.0 Å². The topological polar surface area (TPSA) is 65.7 Å². The number of methoxy groups -OCH3 is 1. The summed E-state index contributed by atoms with van der Waals surface area (Å²) >= 11 is 0. The van der Waals surface area contributed by atoms with E-state index in [1.165, 1.54) is 0 Å². The lowest BCUT2D eigenvalue weighted by Gasteiger charge is -2.18. The van der Waals surface area contributed by atoms with E-state index in [2.05, 4.69) is 0 Å². The molecular weight excluding hydrogens is 308 g/mol. The van der Waals surface area contributed by atoms with E-state index < -0.39 is 0 Å². The van der Waals surface area contributed by atoms with Crippen molar-refractivity contribution in [3.05, 3.63) is 36.4 Å². The van der Waals surface area contributed by atoms with Crippen LogP contribution in [0.15, 0.2) is 36.4 Å². The second kappa shape index (κ2) is 6.05.